The van der Waals surface area contributed by atoms with E-state index in [4.69, 9.17) is 9.63 Å². The van der Waals surface area contributed by atoms with E-state index in [1.54, 1.807) is 6.92 Å². The summed E-state index contributed by atoms with van der Waals surface area (Å²) in [6.45, 7) is 2.83. The van der Waals surface area contributed by atoms with Gasteiger partial charge in [-0.3, -0.25) is 4.79 Å². The van der Waals surface area contributed by atoms with E-state index in [1.165, 1.54) is 6.92 Å². The Bertz CT molecular complexity index is 457. The van der Waals surface area contributed by atoms with Crippen molar-refractivity contribution < 1.29 is 24.3 Å². The lowest BCUT2D eigenvalue weighted by Crippen LogP contribution is -2.45. The van der Waals surface area contributed by atoms with E-state index in [9.17, 15) is 14.7 Å². The zero-order valence-electron chi connectivity index (χ0n) is 10.6. The molecular weight excluding hydrogens is 256 g/mol. The molecule has 1 rings (SSSR count). The molecule has 0 bridgehead atoms. The van der Waals surface area contributed by atoms with E-state index in [0.717, 1.165) is 0 Å². The Balaban J connectivity index is 2.30. The predicted octanol–water partition coefficient (Wildman–Crippen LogP) is -0.597. The fourth-order valence-corrected chi connectivity index (χ4v) is 1.29. The van der Waals surface area contributed by atoms with Gasteiger partial charge in [-0.2, -0.15) is 4.98 Å². The van der Waals surface area contributed by atoms with Crippen molar-refractivity contribution >= 4 is 12.0 Å². The Hall–Kier alpha value is -2.16. The summed E-state index contributed by atoms with van der Waals surface area (Å²) in [6, 6.07) is -0.568. The molecule has 0 aliphatic heterocycles. The normalized spacial score (nSPS) is 13.6. The Labute approximate surface area is 109 Å². The van der Waals surface area contributed by atoms with Gasteiger partial charge in [-0.05, 0) is 13.8 Å². The van der Waals surface area contributed by atoms with Gasteiger partial charge in [0.25, 0.3) is 0 Å². The third-order valence-electron chi connectivity index (χ3n) is 2.13. The number of nitrogens with one attached hydrogen (secondary N) is 2. The SMILES string of the molecule is Cc1noc(CNC(=O)NCC(C)(O)CC(=O)O)n1. The average Bonchev–Trinajstić information content (AvgIpc) is 2.68. The lowest BCUT2D eigenvalue weighted by Gasteiger charge is -2.21. The van der Waals surface area contributed by atoms with Crippen LogP contribution in [-0.2, 0) is 11.3 Å². The van der Waals surface area contributed by atoms with E-state index in [-0.39, 0.29) is 19.0 Å². The van der Waals surface area contributed by atoms with Crippen LogP contribution in [0.1, 0.15) is 25.1 Å². The number of aliphatic carboxylic acids is 1. The maximum atomic E-state index is 11.4. The molecule has 0 spiro atoms. The lowest BCUT2D eigenvalue weighted by molar-refractivity contribution is -0.141. The molecule has 0 saturated carbocycles. The maximum absolute atomic E-state index is 11.4. The number of amides is 2. The van der Waals surface area contributed by atoms with Crippen molar-refractivity contribution in [3.63, 3.8) is 0 Å². The van der Waals surface area contributed by atoms with Gasteiger partial charge in [0, 0.05) is 6.54 Å². The second kappa shape index (κ2) is 6.14. The first-order chi connectivity index (χ1) is 8.78. The summed E-state index contributed by atoms with van der Waals surface area (Å²) >= 11 is 0. The molecule has 4 N–H and O–H groups in total. The van der Waals surface area contributed by atoms with E-state index in [0.29, 0.717) is 5.82 Å². The van der Waals surface area contributed by atoms with Gasteiger partial charge in [0.1, 0.15) is 0 Å². The van der Waals surface area contributed by atoms with Crippen LogP contribution in [0.5, 0.6) is 0 Å². The molecule has 19 heavy (non-hydrogen) atoms. The molecule has 1 aromatic rings. The van der Waals surface area contributed by atoms with Crippen LogP contribution in [0.15, 0.2) is 4.52 Å². The Morgan fingerprint density at radius 2 is 2.11 bits per heavy atom. The van der Waals surface area contributed by atoms with E-state index in [2.05, 4.69) is 20.8 Å². The first-order valence-corrected chi connectivity index (χ1v) is 5.53. The molecule has 0 aromatic carbocycles. The van der Waals surface area contributed by atoms with E-state index >= 15 is 0 Å². The first kappa shape index (κ1) is 14.9. The van der Waals surface area contributed by atoms with Gasteiger partial charge in [-0.1, -0.05) is 5.16 Å². The van der Waals surface area contributed by atoms with Crippen LogP contribution in [-0.4, -0.2) is 44.5 Å². The van der Waals surface area contributed by atoms with Crippen molar-refractivity contribution in [2.24, 2.45) is 0 Å². The molecule has 0 saturated heterocycles. The maximum Gasteiger partial charge on any atom is 0.315 e. The molecule has 1 unspecified atom stereocenters. The second-order valence-corrected chi connectivity index (χ2v) is 4.34. The molecule has 0 fully saturated rings. The highest BCUT2D eigenvalue weighted by atomic mass is 16.5. The Kier molecular flexibility index (Phi) is 4.81. The summed E-state index contributed by atoms with van der Waals surface area (Å²) in [5.74, 6) is -0.430. The van der Waals surface area contributed by atoms with Gasteiger partial charge in [0.2, 0.25) is 5.89 Å². The van der Waals surface area contributed by atoms with Crippen LogP contribution in [0.2, 0.25) is 0 Å². The molecule has 2 amide bonds. The molecule has 1 heterocycles. The molecular formula is C10H16N4O5. The number of carboxylic acids is 1. The van der Waals surface area contributed by atoms with Crippen molar-refractivity contribution in [3.05, 3.63) is 11.7 Å². The van der Waals surface area contributed by atoms with Crippen LogP contribution in [0, 0.1) is 6.92 Å². The summed E-state index contributed by atoms with van der Waals surface area (Å²) in [7, 11) is 0. The number of aliphatic hydroxyl groups is 1. The van der Waals surface area contributed by atoms with Crippen LogP contribution < -0.4 is 10.6 Å². The Morgan fingerprint density at radius 1 is 1.42 bits per heavy atom. The monoisotopic (exact) mass is 272 g/mol. The zero-order chi connectivity index (χ0) is 14.5. The molecule has 0 aliphatic rings. The molecule has 9 nitrogen and oxygen atoms in total. The van der Waals surface area contributed by atoms with E-state index in [1.807, 2.05) is 0 Å². The van der Waals surface area contributed by atoms with Gasteiger partial charge in [-0.15, -0.1) is 0 Å². The third kappa shape index (κ3) is 5.82. The molecule has 0 aliphatic carbocycles. The average molecular weight is 272 g/mol. The number of nitrogens with zero attached hydrogens (tertiary/aromatic N) is 2. The van der Waals surface area contributed by atoms with Crippen molar-refractivity contribution in [3.8, 4) is 0 Å². The number of carbonyl (C=O) groups excluding carboxylic acids is 1. The van der Waals surface area contributed by atoms with Crippen LogP contribution in [0.25, 0.3) is 0 Å². The van der Waals surface area contributed by atoms with Gasteiger partial charge in [0.15, 0.2) is 5.82 Å². The standard InChI is InChI=1S/C10H16N4O5/c1-6-13-7(19-14-6)4-11-9(17)12-5-10(2,18)3-8(15)16/h18H,3-5H2,1-2H3,(H,15,16)(H2,11,12,17). The number of aromatic nitrogens is 2. The summed E-state index contributed by atoms with van der Waals surface area (Å²) in [6.07, 6.45) is -0.462. The molecule has 106 valence electrons. The van der Waals surface area contributed by atoms with E-state index < -0.39 is 24.0 Å². The van der Waals surface area contributed by atoms with Crippen LogP contribution >= 0.6 is 0 Å². The number of urea groups is 1. The topological polar surface area (TPSA) is 138 Å². The minimum Gasteiger partial charge on any atom is -0.481 e. The number of carboxylic acid groups (broad SMARTS) is 1. The van der Waals surface area contributed by atoms with Gasteiger partial charge < -0.3 is 25.4 Å². The number of hydrogen-bond acceptors (Lipinski definition) is 6. The summed E-state index contributed by atoms with van der Waals surface area (Å²) in [5.41, 5.74) is -1.51. The van der Waals surface area contributed by atoms with Crippen LogP contribution in [0.3, 0.4) is 0 Å². The van der Waals surface area contributed by atoms with Crippen molar-refractivity contribution in [1.82, 2.24) is 20.8 Å². The highest BCUT2D eigenvalue weighted by Gasteiger charge is 2.24. The second-order valence-electron chi connectivity index (χ2n) is 4.34. The van der Waals surface area contributed by atoms with Gasteiger partial charge in [0.05, 0.1) is 18.6 Å². The molecule has 9 heteroatoms. The Morgan fingerprint density at radius 3 is 2.63 bits per heavy atom. The number of hydrogen-bond donors (Lipinski definition) is 4. The van der Waals surface area contributed by atoms with Gasteiger partial charge in [-0.25, -0.2) is 4.79 Å². The number of carbonyl (C=O) groups is 2. The fraction of sp³-hybridized carbons (Fsp3) is 0.600. The largest absolute Gasteiger partial charge is 0.481 e. The number of rotatable bonds is 6. The minimum atomic E-state index is -1.51. The molecule has 1 aromatic heterocycles. The van der Waals surface area contributed by atoms with Crippen molar-refractivity contribution in [2.75, 3.05) is 6.54 Å². The molecule has 1 atom stereocenters. The fourth-order valence-electron chi connectivity index (χ4n) is 1.29. The highest BCUT2D eigenvalue weighted by molar-refractivity contribution is 5.74. The third-order valence-corrected chi connectivity index (χ3v) is 2.13. The summed E-state index contributed by atoms with van der Waals surface area (Å²) < 4.78 is 4.78. The first-order valence-electron chi connectivity index (χ1n) is 5.53. The lowest BCUT2D eigenvalue weighted by atomic mass is 10.0. The summed E-state index contributed by atoms with van der Waals surface area (Å²) in [4.78, 5) is 25.7. The smallest absolute Gasteiger partial charge is 0.315 e. The minimum absolute atomic E-state index is 0.0494. The molecule has 0 radical (unpaired) electrons. The van der Waals surface area contributed by atoms with Crippen LogP contribution in [0.4, 0.5) is 4.79 Å². The quantitative estimate of drug-likeness (QED) is 0.542. The predicted molar refractivity (Wildman–Crippen MR) is 62.2 cm³/mol. The number of aryl methyl sites for hydroxylation is 1. The zero-order valence-corrected chi connectivity index (χ0v) is 10.6. The van der Waals surface area contributed by atoms with Crippen molar-refractivity contribution in [2.45, 2.75) is 32.4 Å². The van der Waals surface area contributed by atoms with Crippen molar-refractivity contribution in [1.29, 1.82) is 0 Å². The van der Waals surface area contributed by atoms with Gasteiger partial charge >= 0.3 is 12.0 Å². The summed E-state index contributed by atoms with van der Waals surface area (Å²) in [5, 5.41) is 26.5. The highest BCUT2D eigenvalue weighted by Crippen LogP contribution is 2.07.